The highest BCUT2D eigenvalue weighted by molar-refractivity contribution is 6.30. The lowest BCUT2D eigenvalue weighted by Crippen LogP contribution is -2.40. The minimum absolute atomic E-state index is 0.00805. The van der Waals surface area contributed by atoms with Gasteiger partial charge in [0.2, 0.25) is 0 Å². The molecule has 2 aliphatic rings. The van der Waals surface area contributed by atoms with Gasteiger partial charge in [0.1, 0.15) is 6.10 Å². The third-order valence-electron chi connectivity index (χ3n) is 6.81. The summed E-state index contributed by atoms with van der Waals surface area (Å²) in [6.45, 7) is 6.58. The van der Waals surface area contributed by atoms with Crippen molar-refractivity contribution in [3.63, 3.8) is 0 Å². The molecule has 2 fully saturated rings. The molecule has 0 N–H and O–H groups in total. The Morgan fingerprint density at radius 3 is 2.72 bits per heavy atom. The van der Waals surface area contributed by atoms with Crippen LogP contribution in [0.25, 0.3) is 17.2 Å². The van der Waals surface area contributed by atoms with Crippen molar-refractivity contribution in [1.82, 2.24) is 4.98 Å². The second-order valence-corrected chi connectivity index (χ2v) is 8.97. The zero-order valence-corrected chi connectivity index (χ0v) is 18.0. The van der Waals surface area contributed by atoms with Gasteiger partial charge in [-0.05, 0) is 60.9 Å². The number of ether oxygens (including phenoxy) is 1. The van der Waals surface area contributed by atoms with Gasteiger partial charge in [-0.2, -0.15) is 0 Å². The smallest absolute Gasteiger partial charge is 0.309 e. The highest BCUT2D eigenvalue weighted by atomic mass is 35.5. The van der Waals surface area contributed by atoms with E-state index in [0.29, 0.717) is 17.8 Å². The number of halogens is 1. The van der Waals surface area contributed by atoms with Crippen molar-refractivity contribution in [1.29, 1.82) is 0 Å². The normalized spacial score (nSPS) is 31.7. The van der Waals surface area contributed by atoms with Gasteiger partial charge in [-0.1, -0.05) is 56.1 Å². The predicted molar refractivity (Wildman–Crippen MR) is 117 cm³/mol. The van der Waals surface area contributed by atoms with Crippen LogP contribution in [-0.2, 0) is 9.53 Å². The Bertz CT molecular complexity index is 907. The molecule has 4 heteroatoms. The molecule has 0 unspecified atom stereocenters. The quantitative estimate of drug-likeness (QED) is 0.558. The van der Waals surface area contributed by atoms with Gasteiger partial charge < -0.3 is 4.74 Å². The van der Waals surface area contributed by atoms with Gasteiger partial charge in [0, 0.05) is 22.7 Å². The van der Waals surface area contributed by atoms with Crippen molar-refractivity contribution < 1.29 is 9.53 Å². The van der Waals surface area contributed by atoms with Crippen LogP contribution in [0.3, 0.4) is 0 Å². The van der Waals surface area contributed by atoms with Crippen LogP contribution in [0.15, 0.2) is 48.7 Å². The number of carbonyl (C=O) groups excluding carboxylic acids is 1. The van der Waals surface area contributed by atoms with Gasteiger partial charge in [0.05, 0.1) is 11.6 Å². The molecule has 2 heterocycles. The molecule has 1 saturated heterocycles. The van der Waals surface area contributed by atoms with Crippen LogP contribution in [0.2, 0.25) is 5.02 Å². The summed E-state index contributed by atoms with van der Waals surface area (Å²) in [6.07, 6.45) is 8.33. The van der Waals surface area contributed by atoms with Gasteiger partial charge >= 0.3 is 5.97 Å². The third kappa shape index (κ3) is 3.98. The molecule has 0 bridgehead atoms. The van der Waals surface area contributed by atoms with Gasteiger partial charge in [-0.25, -0.2) is 0 Å². The third-order valence-corrected chi connectivity index (χ3v) is 7.05. The SMILES string of the molecule is CC[C@H]1[C@H](C=Cc2ccc(-c3cccc(Cl)c3)cn2)[C@@H]2[C@@H](C)OC(=O)[C@@H]2C[C@@H]1C. The van der Waals surface area contributed by atoms with Crippen LogP contribution in [0.4, 0.5) is 0 Å². The minimum Gasteiger partial charge on any atom is -0.462 e. The topological polar surface area (TPSA) is 39.2 Å². The van der Waals surface area contributed by atoms with Crippen molar-refractivity contribution in [2.45, 2.75) is 39.7 Å². The standard InChI is InChI=1S/C25H28ClNO2/c1-4-21-15(2)12-23-24(16(3)29-25(23)28)22(21)11-10-20-9-8-18(14-27-20)17-6-5-7-19(26)13-17/h5-11,13-16,21-24H,4,12H2,1-3H3/t15-,16+,21+,22-,23+,24-/m0/s1. The van der Waals surface area contributed by atoms with Crippen LogP contribution < -0.4 is 0 Å². The van der Waals surface area contributed by atoms with E-state index in [2.05, 4.69) is 37.0 Å². The first-order valence-electron chi connectivity index (χ1n) is 10.6. The number of esters is 1. The largest absolute Gasteiger partial charge is 0.462 e. The maximum absolute atomic E-state index is 12.3. The summed E-state index contributed by atoms with van der Waals surface area (Å²) in [4.78, 5) is 16.9. The van der Waals surface area contributed by atoms with Crippen molar-refractivity contribution in [3.8, 4) is 11.1 Å². The van der Waals surface area contributed by atoms with Crippen LogP contribution >= 0.6 is 11.6 Å². The number of hydrogen-bond donors (Lipinski definition) is 0. The molecule has 1 aliphatic carbocycles. The minimum atomic E-state index is -0.0122. The molecule has 0 spiro atoms. The second-order valence-electron chi connectivity index (χ2n) is 8.53. The summed E-state index contributed by atoms with van der Waals surface area (Å²) in [5.74, 6) is 1.72. The Labute approximate surface area is 178 Å². The Morgan fingerprint density at radius 2 is 2.03 bits per heavy atom. The fourth-order valence-electron chi connectivity index (χ4n) is 5.41. The number of benzene rings is 1. The van der Waals surface area contributed by atoms with E-state index in [0.717, 1.165) is 34.7 Å². The molecule has 6 atom stereocenters. The summed E-state index contributed by atoms with van der Waals surface area (Å²) < 4.78 is 5.61. The van der Waals surface area contributed by atoms with Gasteiger partial charge in [-0.15, -0.1) is 0 Å². The lowest BCUT2D eigenvalue weighted by Gasteiger charge is -2.41. The Morgan fingerprint density at radius 1 is 1.21 bits per heavy atom. The lowest BCUT2D eigenvalue weighted by atomic mass is 9.61. The summed E-state index contributed by atoms with van der Waals surface area (Å²) in [6, 6.07) is 11.9. The van der Waals surface area contributed by atoms with E-state index in [4.69, 9.17) is 16.3 Å². The first-order valence-corrected chi connectivity index (χ1v) is 11.0. The number of rotatable bonds is 4. The van der Waals surface area contributed by atoms with E-state index >= 15 is 0 Å². The van der Waals surface area contributed by atoms with E-state index < -0.39 is 0 Å². The van der Waals surface area contributed by atoms with E-state index in [9.17, 15) is 4.79 Å². The molecule has 0 radical (unpaired) electrons. The van der Waals surface area contributed by atoms with E-state index in [-0.39, 0.29) is 23.9 Å². The number of nitrogens with zero attached hydrogens (tertiary/aromatic N) is 1. The molecule has 29 heavy (non-hydrogen) atoms. The zero-order chi connectivity index (χ0) is 20.5. The van der Waals surface area contributed by atoms with Crippen molar-refractivity contribution in [3.05, 3.63) is 59.4 Å². The molecule has 1 aromatic carbocycles. The van der Waals surface area contributed by atoms with Crippen LogP contribution in [0.5, 0.6) is 0 Å². The highest BCUT2D eigenvalue weighted by Gasteiger charge is 2.52. The predicted octanol–water partition coefficient (Wildman–Crippen LogP) is 6.28. The molecule has 152 valence electrons. The number of hydrogen-bond acceptors (Lipinski definition) is 3. The van der Waals surface area contributed by atoms with E-state index in [1.54, 1.807) is 0 Å². The molecule has 0 amide bonds. The summed E-state index contributed by atoms with van der Waals surface area (Å²) >= 11 is 6.10. The fraction of sp³-hybridized carbons (Fsp3) is 0.440. The molecule has 1 aromatic heterocycles. The number of fused-ring (bicyclic) bond motifs is 1. The molecule has 1 aliphatic heterocycles. The summed E-state index contributed by atoms with van der Waals surface area (Å²) in [5.41, 5.74) is 3.04. The average Bonchev–Trinajstić information content (AvgIpc) is 2.99. The first-order chi connectivity index (χ1) is 14.0. The maximum atomic E-state index is 12.3. The van der Waals surface area contributed by atoms with Crippen molar-refractivity contribution >= 4 is 23.6 Å². The fourth-order valence-corrected chi connectivity index (χ4v) is 5.60. The molecule has 4 rings (SSSR count). The zero-order valence-electron chi connectivity index (χ0n) is 17.2. The van der Waals surface area contributed by atoms with Crippen LogP contribution in [0.1, 0.15) is 39.3 Å². The van der Waals surface area contributed by atoms with Crippen molar-refractivity contribution in [2.24, 2.45) is 29.6 Å². The van der Waals surface area contributed by atoms with Crippen LogP contribution in [0, 0.1) is 29.6 Å². The number of allylic oxidation sites excluding steroid dienone is 1. The number of aromatic nitrogens is 1. The molecule has 1 saturated carbocycles. The highest BCUT2D eigenvalue weighted by Crippen LogP contribution is 2.50. The summed E-state index contributed by atoms with van der Waals surface area (Å²) in [5, 5.41) is 0.723. The molecular formula is C25H28ClNO2. The molecule has 3 nitrogen and oxygen atoms in total. The van der Waals surface area contributed by atoms with Crippen LogP contribution in [-0.4, -0.2) is 17.1 Å². The number of pyridine rings is 1. The van der Waals surface area contributed by atoms with Gasteiger partial charge in [-0.3, -0.25) is 9.78 Å². The number of carbonyl (C=O) groups is 1. The molecule has 2 aromatic rings. The van der Waals surface area contributed by atoms with Crippen molar-refractivity contribution in [2.75, 3.05) is 0 Å². The van der Waals surface area contributed by atoms with Gasteiger partial charge in [0.25, 0.3) is 0 Å². The Hall–Kier alpha value is -2.13. The van der Waals surface area contributed by atoms with E-state index in [1.165, 1.54) is 0 Å². The second kappa shape index (κ2) is 8.31. The Kier molecular flexibility index (Phi) is 5.78. The van der Waals surface area contributed by atoms with E-state index in [1.807, 2.05) is 43.5 Å². The van der Waals surface area contributed by atoms with Gasteiger partial charge in [0.15, 0.2) is 0 Å². The summed E-state index contributed by atoms with van der Waals surface area (Å²) in [7, 11) is 0. The first kappa shape index (κ1) is 20.2. The Balaban J connectivity index is 1.57. The number of cyclic esters (lactones) is 1. The average molecular weight is 410 g/mol. The lowest BCUT2D eigenvalue weighted by molar-refractivity contribution is -0.144. The molecular weight excluding hydrogens is 382 g/mol. The maximum Gasteiger partial charge on any atom is 0.309 e. The monoisotopic (exact) mass is 409 g/mol.